The van der Waals surface area contributed by atoms with Gasteiger partial charge in [0.05, 0.1) is 16.4 Å². The molecule has 5 heteroatoms. The molecule has 0 aliphatic carbocycles. The summed E-state index contributed by atoms with van der Waals surface area (Å²) in [6.45, 7) is 6.26. The molecule has 0 spiro atoms. The SMILES string of the molecule is CC(=O)C1CCCN(Cc2c(Cl)c(C)nn2C)C1. The Labute approximate surface area is 113 Å². The predicted octanol–water partition coefficient (Wildman–Crippen LogP) is 2.18. The second-order valence-corrected chi connectivity index (χ2v) is 5.53. The van der Waals surface area contributed by atoms with E-state index in [4.69, 9.17) is 11.6 Å². The van der Waals surface area contributed by atoms with Crippen molar-refractivity contribution in [3.63, 3.8) is 0 Å². The number of carbonyl (C=O) groups excluding carboxylic acids is 1. The van der Waals surface area contributed by atoms with Crippen molar-refractivity contribution in [2.75, 3.05) is 13.1 Å². The molecule has 0 radical (unpaired) electrons. The van der Waals surface area contributed by atoms with E-state index < -0.39 is 0 Å². The molecule has 1 aliphatic heterocycles. The number of rotatable bonds is 3. The first kappa shape index (κ1) is 13.6. The molecule has 1 fully saturated rings. The molecule has 0 aromatic carbocycles. The third-order valence-corrected chi connectivity index (χ3v) is 4.21. The Balaban J connectivity index is 2.07. The average molecular weight is 270 g/mol. The lowest BCUT2D eigenvalue weighted by molar-refractivity contribution is -0.122. The number of hydrogen-bond donors (Lipinski definition) is 0. The van der Waals surface area contributed by atoms with Gasteiger partial charge in [-0.15, -0.1) is 0 Å². The lowest BCUT2D eigenvalue weighted by atomic mass is 9.94. The quantitative estimate of drug-likeness (QED) is 0.844. The average Bonchev–Trinajstić information content (AvgIpc) is 2.56. The van der Waals surface area contributed by atoms with Crippen LogP contribution in [0.4, 0.5) is 0 Å². The van der Waals surface area contributed by atoms with Crippen LogP contribution in [0.5, 0.6) is 0 Å². The smallest absolute Gasteiger partial charge is 0.134 e. The van der Waals surface area contributed by atoms with Gasteiger partial charge in [0.2, 0.25) is 0 Å². The van der Waals surface area contributed by atoms with Gasteiger partial charge >= 0.3 is 0 Å². The molecule has 1 saturated heterocycles. The normalized spacial score (nSPS) is 21.2. The van der Waals surface area contributed by atoms with E-state index in [1.807, 2.05) is 18.7 Å². The number of aromatic nitrogens is 2. The van der Waals surface area contributed by atoms with Gasteiger partial charge in [-0.25, -0.2) is 0 Å². The second-order valence-electron chi connectivity index (χ2n) is 5.15. The molecule has 1 aromatic heterocycles. The highest BCUT2D eigenvalue weighted by atomic mass is 35.5. The Morgan fingerprint density at radius 1 is 1.56 bits per heavy atom. The van der Waals surface area contributed by atoms with Gasteiger partial charge in [-0.3, -0.25) is 14.4 Å². The largest absolute Gasteiger partial charge is 0.300 e. The van der Waals surface area contributed by atoms with Crippen LogP contribution in [-0.2, 0) is 18.4 Å². The van der Waals surface area contributed by atoms with Gasteiger partial charge in [0.1, 0.15) is 5.78 Å². The molecule has 1 aliphatic rings. The summed E-state index contributed by atoms with van der Waals surface area (Å²) in [5.41, 5.74) is 1.91. The van der Waals surface area contributed by atoms with Gasteiger partial charge in [0.15, 0.2) is 0 Å². The van der Waals surface area contributed by atoms with Crippen molar-refractivity contribution >= 4 is 17.4 Å². The summed E-state index contributed by atoms with van der Waals surface area (Å²) < 4.78 is 1.84. The molecule has 4 nitrogen and oxygen atoms in total. The zero-order valence-corrected chi connectivity index (χ0v) is 12.0. The third kappa shape index (κ3) is 2.75. The lowest BCUT2D eigenvalue weighted by Gasteiger charge is -2.31. The van der Waals surface area contributed by atoms with Gasteiger partial charge in [0.25, 0.3) is 0 Å². The Morgan fingerprint density at radius 3 is 2.83 bits per heavy atom. The monoisotopic (exact) mass is 269 g/mol. The van der Waals surface area contributed by atoms with Crippen molar-refractivity contribution in [3.05, 3.63) is 16.4 Å². The van der Waals surface area contributed by atoms with E-state index in [-0.39, 0.29) is 5.92 Å². The highest BCUT2D eigenvalue weighted by Gasteiger charge is 2.24. The van der Waals surface area contributed by atoms with Crippen LogP contribution < -0.4 is 0 Å². The number of halogens is 1. The van der Waals surface area contributed by atoms with Crippen molar-refractivity contribution in [2.24, 2.45) is 13.0 Å². The molecule has 0 amide bonds. The minimum absolute atomic E-state index is 0.187. The summed E-state index contributed by atoms with van der Waals surface area (Å²) in [4.78, 5) is 13.8. The van der Waals surface area contributed by atoms with E-state index in [0.29, 0.717) is 5.78 Å². The van der Waals surface area contributed by atoms with Crippen molar-refractivity contribution in [1.82, 2.24) is 14.7 Å². The maximum Gasteiger partial charge on any atom is 0.134 e. The maximum absolute atomic E-state index is 11.5. The zero-order valence-electron chi connectivity index (χ0n) is 11.2. The summed E-state index contributed by atoms with van der Waals surface area (Å²) >= 11 is 6.26. The second kappa shape index (κ2) is 5.41. The number of ketones is 1. The molecule has 0 N–H and O–H groups in total. The van der Waals surface area contributed by atoms with Gasteiger partial charge in [-0.1, -0.05) is 11.6 Å². The van der Waals surface area contributed by atoms with Crippen LogP contribution in [0.15, 0.2) is 0 Å². The molecule has 18 heavy (non-hydrogen) atoms. The van der Waals surface area contributed by atoms with E-state index in [2.05, 4.69) is 10.00 Å². The fourth-order valence-electron chi connectivity index (χ4n) is 2.59. The fourth-order valence-corrected chi connectivity index (χ4v) is 2.81. The Hall–Kier alpha value is -0.870. The van der Waals surface area contributed by atoms with E-state index in [1.54, 1.807) is 6.92 Å². The Kier molecular flexibility index (Phi) is 4.07. The van der Waals surface area contributed by atoms with Gasteiger partial charge in [-0.2, -0.15) is 5.10 Å². The minimum atomic E-state index is 0.187. The number of likely N-dealkylation sites (tertiary alicyclic amines) is 1. The Bertz CT molecular complexity index is 455. The summed E-state index contributed by atoms with van der Waals surface area (Å²) in [5.74, 6) is 0.485. The van der Waals surface area contributed by atoms with Crippen LogP contribution in [0.1, 0.15) is 31.2 Å². The van der Waals surface area contributed by atoms with E-state index in [9.17, 15) is 4.79 Å². The number of hydrogen-bond acceptors (Lipinski definition) is 3. The molecule has 0 bridgehead atoms. The van der Waals surface area contributed by atoms with Crippen LogP contribution in [0.3, 0.4) is 0 Å². The molecular formula is C13H20ClN3O. The van der Waals surface area contributed by atoms with E-state index >= 15 is 0 Å². The molecule has 1 aromatic rings. The van der Waals surface area contributed by atoms with Crippen LogP contribution in [0, 0.1) is 12.8 Å². The van der Waals surface area contributed by atoms with Crippen LogP contribution in [0.25, 0.3) is 0 Å². The maximum atomic E-state index is 11.5. The predicted molar refractivity (Wildman–Crippen MR) is 71.6 cm³/mol. The number of piperidine rings is 1. The molecule has 1 unspecified atom stereocenters. The van der Waals surface area contributed by atoms with Crippen molar-refractivity contribution in [3.8, 4) is 0 Å². The summed E-state index contributed by atoms with van der Waals surface area (Å²) in [7, 11) is 1.92. The third-order valence-electron chi connectivity index (χ3n) is 3.72. The summed E-state index contributed by atoms with van der Waals surface area (Å²) in [6, 6.07) is 0. The van der Waals surface area contributed by atoms with Gasteiger partial charge < -0.3 is 0 Å². The summed E-state index contributed by atoms with van der Waals surface area (Å²) in [6.07, 6.45) is 2.10. The van der Waals surface area contributed by atoms with Gasteiger partial charge in [-0.05, 0) is 33.2 Å². The summed E-state index contributed by atoms with van der Waals surface area (Å²) in [5, 5.41) is 5.07. The van der Waals surface area contributed by atoms with Crippen LogP contribution >= 0.6 is 11.6 Å². The first-order chi connectivity index (χ1) is 8.49. The number of nitrogens with zero attached hydrogens (tertiary/aromatic N) is 3. The van der Waals surface area contributed by atoms with Crippen LogP contribution in [-0.4, -0.2) is 33.6 Å². The molecule has 2 heterocycles. The first-order valence-electron chi connectivity index (χ1n) is 6.39. The number of carbonyl (C=O) groups is 1. The number of Topliss-reactive ketones (excluding diaryl/α,β-unsaturated/α-hetero) is 1. The van der Waals surface area contributed by atoms with Gasteiger partial charge in [0, 0.05) is 26.1 Å². The van der Waals surface area contributed by atoms with E-state index in [1.165, 1.54) is 0 Å². The number of aryl methyl sites for hydroxylation is 2. The van der Waals surface area contributed by atoms with Crippen molar-refractivity contribution < 1.29 is 4.79 Å². The molecule has 0 saturated carbocycles. The van der Waals surface area contributed by atoms with Crippen molar-refractivity contribution in [2.45, 2.75) is 33.2 Å². The molecular weight excluding hydrogens is 250 g/mol. The van der Waals surface area contributed by atoms with E-state index in [0.717, 1.165) is 48.9 Å². The fraction of sp³-hybridized carbons (Fsp3) is 0.692. The Morgan fingerprint density at radius 2 is 2.28 bits per heavy atom. The molecule has 100 valence electrons. The zero-order chi connectivity index (χ0) is 13.3. The van der Waals surface area contributed by atoms with Crippen molar-refractivity contribution in [1.29, 1.82) is 0 Å². The highest BCUT2D eigenvalue weighted by molar-refractivity contribution is 6.31. The molecule has 1 atom stereocenters. The standard InChI is InChI=1S/C13H20ClN3O/c1-9-13(14)12(16(3)15-9)8-17-6-4-5-11(7-17)10(2)18/h11H,4-8H2,1-3H3. The highest BCUT2D eigenvalue weighted by Crippen LogP contribution is 2.24. The first-order valence-corrected chi connectivity index (χ1v) is 6.77. The minimum Gasteiger partial charge on any atom is -0.300 e. The topological polar surface area (TPSA) is 38.1 Å². The molecule has 2 rings (SSSR count). The van der Waals surface area contributed by atoms with Crippen LogP contribution in [0.2, 0.25) is 5.02 Å². The lowest BCUT2D eigenvalue weighted by Crippen LogP contribution is -2.38.